The summed E-state index contributed by atoms with van der Waals surface area (Å²) in [6, 6.07) is 12.3. The minimum Gasteiger partial charge on any atom is -0.497 e. The molecule has 0 aliphatic carbocycles. The number of aromatic nitrogens is 2. The molecule has 106 valence electrons. The van der Waals surface area contributed by atoms with Crippen LogP contribution in [0.2, 0.25) is 0 Å². The second-order valence-electron chi connectivity index (χ2n) is 4.36. The maximum absolute atomic E-state index is 10.8. The molecule has 0 fully saturated rings. The zero-order valence-electron chi connectivity index (χ0n) is 11.2. The number of aromatic amines is 1. The second kappa shape index (κ2) is 5.49. The van der Waals surface area contributed by atoms with Gasteiger partial charge in [-0.1, -0.05) is 11.8 Å². The number of rotatable bonds is 4. The summed E-state index contributed by atoms with van der Waals surface area (Å²) in [5.74, 6) is -0.157. The monoisotopic (exact) mass is 300 g/mol. The van der Waals surface area contributed by atoms with Gasteiger partial charge < -0.3 is 14.8 Å². The summed E-state index contributed by atoms with van der Waals surface area (Å²) in [4.78, 5) is 19.4. The lowest BCUT2D eigenvalue weighted by atomic mass is 10.2. The van der Waals surface area contributed by atoms with Crippen LogP contribution < -0.4 is 4.74 Å². The van der Waals surface area contributed by atoms with Crippen LogP contribution in [0.5, 0.6) is 5.75 Å². The molecule has 6 heteroatoms. The lowest BCUT2D eigenvalue weighted by molar-refractivity contribution is 0.0697. The van der Waals surface area contributed by atoms with Gasteiger partial charge in [-0.3, -0.25) is 0 Å². The number of carbonyl (C=O) groups is 1. The molecule has 0 saturated carbocycles. The molecule has 0 spiro atoms. The summed E-state index contributed by atoms with van der Waals surface area (Å²) in [6.45, 7) is 0. The average molecular weight is 300 g/mol. The molecular formula is C15H12N2O3S. The van der Waals surface area contributed by atoms with Gasteiger partial charge >= 0.3 is 5.97 Å². The SMILES string of the molecule is COc1ccc2nc(Sc3ccc(C(=O)O)cc3)[nH]c2c1. The van der Waals surface area contributed by atoms with Gasteiger partial charge in [-0.05, 0) is 36.4 Å². The third kappa shape index (κ3) is 2.85. The highest BCUT2D eigenvalue weighted by Crippen LogP contribution is 2.28. The molecule has 0 radical (unpaired) electrons. The predicted molar refractivity (Wildman–Crippen MR) is 80.2 cm³/mol. The quantitative estimate of drug-likeness (QED) is 0.772. The Balaban J connectivity index is 1.85. The first-order valence-electron chi connectivity index (χ1n) is 6.20. The second-order valence-corrected chi connectivity index (χ2v) is 5.42. The fraction of sp³-hybridized carbons (Fsp3) is 0.0667. The van der Waals surface area contributed by atoms with Gasteiger partial charge in [-0.25, -0.2) is 9.78 Å². The summed E-state index contributed by atoms with van der Waals surface area (Å²) in [7, 11) is 1.62. The van der Waals surface area contributed by atoms with Crippen molar-refractivity contribution in [2.75, 3.05) is 7.11 Å². The molecule has 0 amide bonds. The van der Waals surface area contributed by atoms with E-state index >= 15 is 0 Å². The molecule has 1 heterocycles. The number of hydrogen-bond donors (Lipinski definition) is 2. The van der Waals surface area contributed by atoms with Gasteiger partial charge in [0.1, 0.15) is 5.75 Å². The topological polar surface area (TPSA) is 75.2 Å². The van der Waals surface area contributed by atoms with Crippen molar-refractivity contribution in [3.63, 3.8) is 0 Å². The van der Waals surface area contributed by atoms with E-state index in [1.54, 1.807) is 31.4 Å². The first-order valence-corrected chi connectivity index (χ1v) is 7.02. The van der Waals surface area contributed by atoms with Crippen molar-refractivity contribution in [1.29, 1.82) is 0 Å². The zero-order chi connectivity index (χ0) is 14.8. The number of carboxylic acid groups (broad SMARTS) is 1. The Morgan fingerprint density at radius 1 is 1.24 bits per heavy atom. The van der Waals surface area contributed by atoms with Gasteiger partial charge in [0.2, 0.25) is 0 Å². The molecule has 0 atom stereocenters. The Kier molecular flexibility index (Phi) is 3.53. The Morgan fingerprint density at radius 3 is 2.67 bits per heavy atom. The van der Waals surface area contributed by atoms with E-state index in [-0.39, 0.29) is 5.56 Å². The van der Waals surface area contributed by atoms with Crippen molar-refractivity contribution in [1.82, 2.24) is 9.97 Å². The highest BCUT2D eigenvalue weighted by Gasteiger charge is 2.07. The van der Waals surface area contributed by atoms with E-state index in [0.717, 1.165) is 26.8 Å². The van der Waals surface area contributed by atoms with Crippen LogP contribution >= 0.6 is 11.8 Å². The zero-order valence-corrected chi connectivity index (χ0v) is 12.0. The van der Waals surface area contributed by atoms with E-state index in [2.05, 4.69) is 9.97 Å². The molecule has 0 aliphatic heterocycles. The van der Waals surface area contributed by atoms with Gasteiger partial charge in [0.15, 0.2) is 5.16 Å². The molecule has 5 nitrogen and oxygen atoms in total. The largest absolute Gasteiger partial charge is 0.497 e. The number of fused-ring (bicyclic) bond motifs is 1. The van der Waals surface area contributed by atoms with E-state index in [1.807, 2.05) is 18.2 Å². The van der Waals surface area contributed by atoms with E-state index in [0.29, 0.717) is 0 Å². The smallest absolute Gasteiger partial charge is 0.335 e. The number of benzene rings is 2. The number of nitrogens with one attached hydrogen (secondary N) is 1. The summed E-state index contributed by atoms with van der Waals surface area (Å²) < 4.78 is 5.18. The third-order valence-corrected chi connectivity index (χ3v) is 3.88. The normalized spacial score (nSPS) is 10.7. The van der Waals surface area contributed by atoms with Gasteiger partial charge in [-0.2, -0.15) is 0 Å². The minimum absolute atomic E-state index is 0.272. The van der Waals surface area contributed by atoms with Crippen LogP contribution in [0.4, 0.5) is 0 Å². The van der Waals surface area contributed by atoms with Crippen LogP contribution in [0, 0.1) is 0 Å². The summed E-state index contributed by atoms with van der Waals surface area (Å²) in [6.07, 6.45) is 0. The van der Waals surface area contributed by atoms with E-state index in [4.69, 9.17) is 9.84 Å². The molecule has 3 aromatic rings. The summed E-state index contributed by atoms with van der Waals surface area (Å²) in [5.41, 5.74) is 2.04. The van der Waals surface area contributed by atoms with E-state index < -0.39 is 5.97 Å². The average Bonchev–Trinajstić information content (AvgIpc) is 2.88. The molecule has 2 aromatic carbocycles. The number of hydrogen-bond acceptors (Lipinski definition) is 4. The first kappa shape index (κ1) is 13.5. The van der Waals surface area contributed by atoms with Crippen LogP contribution in [0.1, 0.15) is 10.4 Å². The van der Waals surface area contributed by atoms with Crippen molar-refractivity contribution in [3.05, 3.63) is 48.0 Å². The van der Waals surface area contributed by atoms with Crippen LogP contribution in [-0.2, 0) is 0 Å². The maximum atomic E-state index is 10.8. The summed E-state index contributed by atoms with van der Waals surface area (Å²) >= 11 is 1.45. The van der Waals surface area contributed by atoms with Crippen LogP contribution in [0.15, 0.2) is 52.5 Å². The van der Waals surface area contributed by atoms with Gasteiger partial charge in [0.05, 0.1) is 23.7 Å². The highest BCUT2D eigenvalue weighted by atomic mass is 32.2. The molecule has 3 rings (SSSR count). The fourth-order valence-corrected chi connectivity index (χ4v) is 2.72. The van der Waals surface area contributed by atoms with Crippen LogP contribution in [0.25, 0.3) is 11.0 Å². The first-order chi connectivity index (χ1) is 10.2. The standard InChI is InChI=1S/C15H12N2O3S/c1-20-10-4-7-12-13(8-10)17-15(16-12)21-11-5-2-9(3-6-11)14(18)19/h2-8H,1H3,(H,16,17)(H,18,19). The number of methoxy groups -OCH3 is 1. The molecule has 0 aliphatic rings. The Bertz CT molecular complexity index is 796. The van der Waals surface area contributed by atoms with Crippen molar-refractivity contribution >= 4 is 28.8 Å². The molecule has 0 saturated heterocycles. The Labute approximate surface area is 125 Å². The van der Waals surface area contributed by atoms with Crippen LogP contribution in [-0.4, -0.2) is 28.2 Å². The number of aromatic carboxylic acids is 1. The van der Waals surface area contributed by atoms with Crippen molar-refractivity contribution < 1.29 is 14.6 Å². The number of ether oxygens (including phenoxy) is 1. The number of H-pyrrole nitrogens is 1. The molecule has 2 N–H and O–H groups in total. The van der Waals surface area contributed by atoms with Crippen molar-refractivity contribution in [3.8, 4) is 5.75 Å². The maximum Gasteiger partial charge on any atom is 0.335 e. The molecular weight excluding hydrogens is 288 g/mol. The lowest BCUT2D eigenvalue weighted by Gasteiger charge is -1.98. The van der Waals surface area contributed by atoms with E-state index in [1.165, 1.54) is 11.8 Å². The van der Waals surface area contributed by atoms with Gasteiger partial charge in [0, 0.05) is 11.0 Å². The minimum atomic E-state index is -0.928. The number of carboxylic acids is 1. The third-order valence-electron chi connectivity index (χ3n) is 2.98. The number of imidazole rings is 1. The molecule has 0 bridgehead atoms. The fourth-order valence-electron chi connectivity index (χ4n) is 1.92. The van der Waals surface area contributed by atoms with Gasteiger partial charge in [0.25, 0.3) is 0 Å². The van der Waals surface area contributed by atoms with Gasteiger partial charge in [-0.15, -0.1) is 0 Å². The summed E-state index contributed by atoms with van der Waals surface area (Å²) in [5, 5.41) is 9.62. The molecule has 21 heavy (non-hydrogen) atoms. The lowest BCUT2D eigenvalue weighted by Crippen LogP contribution is -1.94. The molecule has 0 unspecified atom stereocenters. The molecule has 1 aromatic heterocycles. The number of nitrogens with zero attached hydrogens (tertiary/aromatic N) is 1. The van der Waals surface area contributed by atoms with E-state index in [9.17, 15) is 4.79 Å². The highest BCUT2D eigenvalue weighted by molar-refractivity contribution is 7.99. The van der Waals surface area contributed by atoms with Crippen molar-refractivity contribution in [2.45, 2.75) is 10.1 Å². The van der Waals surface area contributed by atoms with Crippen molar-refractivity contribution in [2.24, 2.45) is 0 Å². The van der Waals surface area contributed by atoms with Crippen LogP contribution in [0.3, 0.4) is 0 Å². The predicted octanol–water partition coefficient (Wildman–Crippen LogP) is 3.42. The Hall–Kier alpha value is -2.47. The Morgan fingerprint density at radius 2 is 2.00 bits per heavy atom.